The molecule has 1 heterocycles. The molecule has 0 aromatic heterocycles. The van der Waals surface area contributed by atoms with Crippen LogP contribution >= 0.6 is 22.6 Å². The number of nitrogens with two attached hydrogens (primary N) is 2. The molecule has 0 amide bonds. The first-order chi connectivity index (χ1) is 6.80. The highest BCUT2D eigenvalue weighted by Gasteiger charge is 2.56. The van der Waals surface area contributed by atoms with Crippen molar-refractivity contribution in [1.29, 1.82) is 0 Å². The maximum absolute atomic E-state index is 9.66. The molecular weight excluding hydrogens is 307 g/mol. The van der Waals surface area contributed by atoms with Crippen LogP contribution in [0.25, 0.3) is 0 Å². The molecule has 84 valence electrons. The average Bonchev–Trinajstić information content (AvgIpc) is 2.21. The second-order valence-corrected chi connectivity index (χ2v) is 4.77. The quantitative estimate of drug-likeness (QED) is 0.232. The summed E-state index contributed by atoms with van der Waals surface area (Å²) >= 11 is 1.42. The number of aliphatic hydroxyl groups is 4. The van der Waals surface area contributed by atoms with E-state index in [1.165, 1.54) is 22.6 Å². The molecule has 0 aromatic carbocycles. The smallest absolute Gasteiger partial charge is 0.239 e. The van der Waals surface area contributed by atoms with Crippen LogP contribution in [0.2, 0.25) is 1.41 Å². The first kappa shape index (κ1) is 11.0. The van der Waals surface area contributed by atoms with E-state index in [1.54, 1.807) is 5.73 Å². The zero-order chi connectivity index (χ0) is 11.9. The molecule has 1 aliphatic rings. The Bertz CT molecular complexity index is 240. The SMILES string of the molecule is [2H]N[C@]1(CO)OC(O)(I)[C@H](N)[C@@H](O)[C@@H]1O. The molecule has 0 spiro atoms. The molecule has 0 aromatic rings. The molecule has 0 aliphatic carbocycles. The van der Waals surface area contributed by atoms with Gasteiger partial charge in [-0.25, -0.2) is 0 Å². The number of ether oxygens (including phenoxy) is 1. The molecular formula is C6H13IN2O5. The van der Waals surface area contributed by atoms with Gasteiger partial charge in [-0.05, 0) is 22.6 Å². The zero-order valence-electron chi connectivity index (χ0n) is 8.09. The second-order valence-electron chi connectivity index (χ2n) is 3.22. The summed E-state index contributed by atoms with van der Waals surface area (Å²) in [7, 11) is 0. The lowest BCUT2D eigenvalue weighted by Crippen LogP contribution is -2.74. The van der Waals surface area contributed by atoms with Crippen LogP contribution in [0.5, 0.6) is 0 Å². The molecule has 1 aliphatic heterocycles. The average molecular weight is 321 g/mol. The molecule has 7 nitrogen and oxygen atoms in total. The van der Waals surface area contributed by atoms with Crippen molar-refractivity contribution in [2.75, 3.05) is 6.61 Å². The monoisotopic (exact) mass is 321 g/mol. The van der Waals surface area contributed by atoms with Crippen LogP contribution in [0.1, 0.15) is 0 Å². The van der Waals surface area contributed by atoms with Crippen LogP contribution in [0.3, 0.4) is 0 Å². The lowest BCUT2D eigenvalue weighted by Gasteiger charge is -2.48. The Kier molecular flexibility index (Phi) is 2.97. The standard InChI is InChI=1S/C6H13IN2O5/c7-6(13)3(8)2(11)4(12)5(9,1-10)14-6/h2-4,10-13H,1,8-9H2/t2-,3-,4+,5-,6?/m1/s1/i/hD. The molecule has 0 bridgehead atoms. The lowest BCUT2D eigenvalue weighted by molar-refractivity contribution is -0.303. The van der Waals surface area contributed by atoms with Crippen molar-refractivity contribution in [2.24, 2.45) is 11.5 Å². The largest absolute Gasteiger partial charge is 0.392 e. The molecule has 1 saturated heterocycles. The Hall–Kier alpha value is 0.450. The van der Waals surface area contributed by atoms with E-state index in [2.05, 4.69) is 0 Å². The van der Waals surface area contributed by atoms with Crippen LogP contribution in [0.15, 0.2) is 0 Å². The third kappa shape index (κ3) is 1.88. The molecule has 1 rings (SSSR count). The van der Waals surface area contributed by atoms with Crippen LogP contribution in [0.4, 0.5) is 0 Å². The highest BCUT2D eigenvalue weighted by molar-refractivity contribution is 14.1. The van der Waals surface area contributed by atoms with Gasteiger partial charge in [0.05, 0.1) is 12.6 Å². The van der Waals surface area contributed by atoms with Crippen molar-refractivity contribution in [1.82, 2.24) is 0 Å². The number of alkyl halides is 1. The molecule has 1 unspecified atom stereocenters. The van der Waals surface area contributed by atoms with Gasteiger partial charge in [-0.2, -0.15) is 0 Å². The predicted molar refractivity (Wildman–Crippen MR) is 54.0 cm³/mol. The number of aliphatic hydroxyl groups excluding tert-OH is 3. The van der Waals surface area contributed by atoms with Gasteiger partial charge in [-0.3, -0.25) is 5.73 Å². The van der Waals surface area contributed by atoms with Crippen molar-refractivity contribution in [3.8, 4) is 0 Å². The third-order valence-corrected chi connectivity index (χ3v) is 3.08. The van der Waals surface area contributed by atoms with Crippen LogP contribution < -0.4 is 11.5 Å². The van der Waals surface area contributed by atoms with Crippen molar-refractivity contribution in [2.45, 2.75) is 27.8 Å². The summed E-state index contributed by atoms with van der Waals surface area (Å²) in [5, 5.41) is 37.8. The highest BCUT2D eigenvalue weighted by atomic mass is 127. The predicted octanol–water partition coefficient (Wildman–Crippen LogP) is -3.21. The van der Waals surface area contributed by atoms with Crippen molar-refractivity contribution < 1.29 is 26.6 Å². The summed E-state index contributed by atoms with van der Waals surface area (Å²) < 4.78 is 9.88. The third-order valence-electron chi connectivity index (χ3n) is 2.14. The van der Waals surface area contributed by atoms with E-state index in [0.29, 0.717) is 0 Å². The Morgan fingerprint density at radius 3 is 2.57 bits per heavy atom. The van der Waals surface area contributed by atoms with Crippen molar-refractivity contribution in [3.05, 3.63) is 0 Å². The number of hydrogen-bond donors (Lipinski definition) is 6. The maximum Gasteiger partial charge on any atom is 0.239 e. The topological polar surface area (TPSA) is 142 Å². The van der Waals surface area contributed by atoms with Gasteiger partial charge in [0, 0.05) is 0 Å². The number of rotatable bonds is 2. The number of hydrogen-bond acceptors (Lipinski definition) is 7. The van der Waals surface area contributed by atoms with Gasteiger partial charge >= 0.3 is 0 Å². The van der Waals surface area contributed by atoms with E-state index in [1.807, 2.05) is 0 Å². The molecule has 0 radical (unpaired) electrons. The van der Waals surface area contributed by atoms with Gasteiger partial charge in [-0.15, -0.1) is 0 Å². The van der Waals surface area contributed by atoms with Gasteiger partial charge in [0.1, 0.15) is 13.6 Å². The maximum atomic E-state index is 9.66. The Morgan fingerprint density at radius 2 is 2.14 bits per heavy atom. The van der Waals surface area contributed by atoms with Crippen molar-refractivity contribution in [3.63, 3.8) is 0 Å². The minimum Gasteiger partial charge on any atom is -0.392 e. The Labute approximate surface area is 95.3 Å². The summed E-state index contributed by atoms with van der Waals surface area (Å²) in [4.78, 5) is 0. The fourth-order valence-electron chi connectivity index (χ4n) is 1.19. The summed E-state index contributed by atoms with van der Waals surface area (Å²) in [5.74, 6) is 0. The van der Waals surface area contributed by atoms with Gasteiger partial charge in [-0.1, -0.05) is 0 Å². The van der Waals surface area contributed by atoms with Crippen LogP contribution in [-0.4, -0.2) is 54.8 Å². The molecule has 14 heavy (non-hydrogen) atoms. The fraction of sp³-hybridized carbons (Fsp3) is 1.00. The van der Waals surface area contributed by atoms with E-state index in [0.717, 1.165) is 0 Å². The normalized spacial score (nSPS) is 55.6. The fourth-order valence-corrected chi connectivity index (χ4v) is 1.95. The summed E-state index contributed by atoms with van der Waals surface area (Å²) in [6.07, 6.45) is -3.14. The molecule has 8 heteroatoms. The summed E-state index contributed by atoms with van der Waals surface area (Å²) in [6.45, 7) is -0.799. The van der Waals surface area contributed by atoms with E-state index < -0.39 is 34.4 Å². The van der Waals surface area contributed by atoms with E-state index in [4.69, 9.17) is 17.0 Å². The van der Waals surface area contributed by atoms with E-state index in [-0.39, 0.29) is 0 Å². The first-order valence-electron chi connectivity index (χ1n) is 4.33. The van der Waals surface area contributed by atoms with Crippen LogP contribution in [-0.2, 0) is 4.74 Å². The minimum absolute atomic E-state index is 0.799. The lowest BCUT2D eigenvalue weighted by atomic mass is 9.93. The van der Waals surface area contributed by atoms with E-state index >= 15 is 0 Å². The summed E-state index contributed by atoms with van der Waals surface area (Å²) in [6, 6.07) is -1.25. The minimum atomic E-state index is -1.98. The van der Waals surface area contributed by atoms with Gasteiger partial charge in [0.25, 0.3) is 0 Å². The van der Waals surface area contributed by atoms with Gasteiger partial charge in [0.15, 0.2) is 5.72 Å². The molecule has 8 N–H and O–H groups in total. The Morgan fingerprint density at radius 1 is 1.57 bits per heavy atom. The second kappa shape index (κ2) is 3.79. The van der Waals surface area contributed by atoms with Crippen LogP contribution in [0, 0.1) is 0 Å². The van der Waals surface area contributed by atoms with Gasteiger partial charge < -0.3 is 30.9 Å². The first-order valence-corrected chi connectivity index (χ1v) is 4.91. The molecule has 1 fully saturated rings. The molecule has 0 saturated carbocycles. The van der Waals surface area contributed by atoms with Crippen molar-refractivity contribution >= 4 is 22.6 Å². The zero-order valence-corrected chi connectivity index (χ0v) is 9.25. The van der Waals surface area contributed by atoms with E-state index in [9.17, 15) is 15.3 Å². The molecule has 5 atom stereocenters. The Balaban J connectivity index is 3.02. The van der Waals surface area contributed by atoms with Gasteiger partial charge in [0.2, 0.25) is 3.79 Å². The number of halogens is 1. The highest BCUT2D eigenvalue weighted by Crippen LogP contribution is 2.35. The summed E-state index contributed by atoms with van der Waals surface area (Å²) in [5.41, 5.74) is 5.23.